The molecular formula is C25H17ClN2O3. The second-order valence-electron chi connectivity index (χ2n) is 7.33. The number of hydrogen-bond acceptors (Lipinski definition) is 4. The van der Waals surface area contributed by atoms with Crippen LogP contribution in [0.25, 0.3) is 44.5 Å². The quantitative estimate of drug-likeness (QED) is 0.359. The fraction of sp³-hybridized carbons (Fsp3) is 0.0400. The normalized spacial score (nSPS) is 11.2. The van der Waals surface area contributed by atoms with Crippen molar-refractivity contribution in [2.75, 3.05) is 0 Å². The maximum Gasteiger partial charge on any atom is 0.263 e. The summed E-state index contributed by atoms with van der Waals surface area (Å²) in [4.78, 5) is 15.3. The van der Waals surface area contributed by atoms with Crippen LogP contribution in [0.1, 0.15) is 5.69 Å². The smallest absolute Gasteiger partial charge is 0.263 e. The zero-order valence-electron chi connectivity index (χ0n) is 16.5. The molecule has 0 aliphatic heterocycles. The van der Waals surface area contributed by atoms with Crippen LogP contribution in [0, 0.1) is 6.92 Å². The van der Waals surface area contributed by atoms with E-state index >= 15 is 0 Å². The van der Waals surface area contributed by atoms with Gasteiger partial charge in [0.15, 0.2) is 5.76 Å². The summed E-state index contributed by atoms with van der Waals surface area (Å²) >= 11 is 6.53. The van der Waals surface area contributed by atoms with Gasteiger partial charge in [-0.25, -0.2) is 0 Å². The van der Waals surface area contributed by atoms with Crippen LogP contribution in [0.15, 0.2) is 82.1 Å². The lowest BCUT2D eigenvalue weighted by molar-refractivity contribution is 0.421. The van der Waals surface area contributed by atoms with Crippen LogP contribution >= 0.6 is 11.6 Å². The van der Waals surface area contributed by atoms with E-state index in [2.05, 4.69) is 22.3 Å². The lowest BCUT2D eigenvalue weighted by Gasteiger charge is -2.11. The number of aryl methyl sites for hydroxylation is 1. The Morgan fingerprint density at radius 3 is 2.29 bits per heavy atom. The molecule has 0 bridgehead atoms. The van der Waals surface area contributed by atoms with Crippen LogP contribution in [-0.2, 0) is 0 Å². The molecule has 3 aromatic carbocycles. The molecule has 0 aliphatic rings. The van der Waals surface area contributed by atoms with E-state index in [4.69, 9.17) is 16.1 Å². The van der Waals surface area contributed by atoms with E-state index in [-0.39, 0.29) is 17.1 Å². The summed E-state index contributed by atoms with van der Waals surface area (Å²) < 4.78 is 5.20. The number of hydrogen-bond donors (Lipinski definition) is 2. The Labute approximate surface area is 182 Å². The fourth-order valence-corrected chi connectivity index (χ4v) is 3.98. The van der Waals surface area contributed by atoms with Crippen molar-refractivity contribution in [1.82, 2.24) is 10.1 Å². The van der Waals surface area contributed by atoms with Gasteiger partial charge in [-0.05, 0) is 35.7 Å². The molecule has 5 rings (SSSR count). The molecule has 5 nitrogen and oxygen atoms in total. The van der Waals surface area contributed by atoms with Crippen molar-refractivity contribution in [3.63, 3.8) is 0 Å². The molecule has 31 heavy (non-hydrogen) atoms. The van der Waals surface area contributed by atoms with Crippen LogP contribution < -0.4 is 5.56 Å². The van der Waals surface area contributed by atoms with Crippen molar-refractivity contribution in [3.05, 3.63) is 93.9 Å². The van der Waals surface area contributed by atoms with E-state index in [9.17, 15) is 9.90 Å². The molecule has 2 N–H and O–H groups in total. The largest absolute Gasteiger partial charge is 0.506 e. The Hall–Kier alpha value is -3.83. The van der Waals surface area contributed by atoms with E-state index in [1.807, 2.05) is 42.5 Å². The van der Waals surface area contributed by atoms with Crippen LogP contribution in [0.3, 0.4) is 0 Å². The number of benzene rings is 3. The molecule has 0 amide bonds. The molecule has 0 saturated carbocycles. The molecule has 0 unspecified atom stereocenters. The molecule has 0 radical (unpaired) electrons. The number of fused-ring (bicyclic) bond motifs is 1. The predicted molar refractivity (Wildman–Crippen MR) is 122 cm³/mol. The van der Waals surface area contributed by atoms with Gasteiger partial charge in [0.2, 0.25) is 0 Å². The van der Waals surface area contributed by atoms with Gasteiger partial charge in [-0.15, -0.1) is 0 Å². The van der Waals surface area contributed by atoms with Gasteiger partial charge < -0.3 is 14.6 Å². The third kappa shape index (κ3) is 3.39. The highest BCUT2D eigenvalue weighted by molar-refractivity contribution is 6.34. The molecule has 0 atom stereocenters. The Morgan fingerprint density at radius 2 is 1.61 bits per heavy atom. The van der Waals surface area contributed by atoms with Crippen LogP contribution in [0.4, 0.5) is 0 Å². The topological polar surface area (TPSA) is 79.1 Å². The highest BCUT2D eigenvalue weighted by Gasteiger charge is 2.19. The Kier molecular flexibility index (Phi) is 4.60. The maximum atomic E-state index is 12.6. The molecule has 5 aromatic rings. The molecule has 152 valence electrons. The lowest BCUT2D eigenvalue weighted by atomic mass is 9.98. The summed E-state index contributed by atoms with van der Waals surface area (Å²) in [6.07, 6.45) is 0. The van der Waals surface area contributed by atoms with Crippen LogP contribution in [0.2, 0.25) is 5.02 Å². The summed E-state index contributed by atoms with van der Waals surface area (Å²) in [5.41, 5.74) is 4.49. The van der Waals surface area contributed by atoms with E-state index in [1.165, 1.54) is 0 Å². The Morgan fingerprint density at radius 1 is 0.935 bits per heavy atom. The third-order valence-electron chi connectivity index (χ3n) is 5.25. The van der Waals surface area contributed by atoms with Gasteiger partial charge in [0, 0.05) is 17.0 Å². The zero-order valence-corrected chi connectivity index (χ0v) is 17.3. The number of nitrogens with zero attached hydrogens (tertiary/aromatic N) is 1. The second kappa shape index (κ2) is 7.45. The molecule has 2 heterocycles. The minimum atomic E-state index is -0.475. The zero-order chi connectivity index (χ0) is 21.5. The summed E-state index contributed by atoms with van der Waals surface area (Å²) in [7, 11) is 0. The number of rotatable bonds is 3. The number of halogens is 1. The summed E-state index contributed by atoms with van der Waals surface area (Å²) in [6.45, 7) is 1.75. The van der Waals surface area contributed by atoms with Gasteiger partial charge in [-0.3, -0.25) is 4.79 Å². The summed E-state index contributed by atoms with van der Waals surface area (Å²) in [5, 5.41) is 15.6. The van der Waals surface area contributed by atoms with Crippen molar-refractivity contribution in [2.45, 2.75) is 6.92 Å². The van der Waals surface area contributed by atoms with Crippen LogP contribution in [-0.4, -0.2) is 15.2 Å². The minimum absolute atomic E-state index is 0.0424. The molecule has 0 saturated heterocycles. The number of nitrogens with one attached hydrogen (secondary N) is 1. The monoisotopic (exact) mass is 428 g/mol. The van der Waals surface area contributed by atoms with E-state index in [0.717, 1.165) is 22.3 Å². The van der Waals surface area contributed by atoms with Crippen molar-refractivity contribution < 1.29 is 9.63 Å². The van der Waals surface area contributed by atoms with E-state index in [0.29, 0.717) is 21.6 Å². The first-order valence-corrected chi connectivity index (χ1v) is 10.1. The van der Waals surface area contributed by atoms with Gasteiger partial charge in [0.05, 0.1) is 16.2 Å². The van der Waals surface area contributed by atoms with Crippen LogP contribution in [0.5, 0.6) is 5.75 Å². The number of pyridine rings is 1. The highest BCUT2D eigenvalue weighted by atomic mass is 35.5. The molecule has 0 fully saturated rings. The highest BCUT2D eigenvalue weighted by Crippen LogP contribution is 2.38. The van der Waals surface area contributed by atoms with Gasteiger partial charge in [0.1, 0.15) is 11.3 Å². The molecular weight excluding hydrogens is 412 g/mol. The summed E-state index contributed by atoms with van der Waals surface area (Å²) in [5.74, 6) is 0.0376. The average molecular weight is 429 g/mol. The molecule has 0 spiro atoms. The first-order valence-electron chi connectivity index (χ1n) is 9.69. The first kappa shape index (κ1) is 19.2. The van der Waals surface area contributed by atoms with Crippen molar-refractivity contribution in [3.8, 4) is 39.3 Å². The lowest BCUT2D eigenvalue weighted by Crippen LogP contribution is -2.09. The Bertz CT molecular complexity index is 1470. The average Bonchev–Trinajstić information content (AvgIpc) is 3.20. The molecule has 2 aromatic heterocycles. The van der Waals surface area contributed by atoms with Crippen molar-refractivity contribution in [1.29, 1.82) is 0 Å². The minimum Gasteiger partial charge on any atom is -0.506 e. The van der Waals surface area contributed by atoms with Gasteiger partial charge in [0.25, 0.3) is 5.56 Å². The van der Waals surface area contributed by atoms with Gasteiger partial charge in [-0.1, -0.05) is 71.4 Å². The van der Waals surface area contributed by atoms with Gasteiger partial charge >= 0.3 is 0 Å². The second-order valence-corrected chi connectivity index (χ2v) is 7.74. The number of aromatic nitrogens is 2. The summed E-state index contributed by atoms with van der Waals surface area (Å²) in [6, 6.07) is 23.1. The first-order chi connectivity index (χ1) is 15.0. The SMILES string of the molecule is Cc1cc(-c2c(O)c3cc(-c4ccc(-c5ccccc5)cc4)c(Cl)cc3[nH]c2=O)on1. The Balaban J connectivity index is 1.64. The van der Waals surface area contributed by atoms with Crippen molar-refractivity contribution >= 4 is 22.5 Å². The number of aromatic hydroxyl groups is 1. The van der Waals surface area contributed by atoms with Gasteiger partial charge in [-0.2, -0.15) is 0 Å². The number of H-pyrrole nitrogens is 1. The van der Waals surface area contributed by atoms with E-state index in [1.54, 1.807) is 25.1 Å². The standard InChI is InChI=1S/C25H17ClN2O3/c1-14-11-22(31-28-14)23-24(29)19-12-18(20(26)13-21(19)27-25(23)30)17-9-7-16(8-10-17)15-5-3-2-4-6-15/h2-13H,1H3,(H2,27,29,30). The maximum absolute atomic E-state index is 12.6. The molecule has 0 aliphatic carbocycles. The fourth-order valence-electron chi connectivity index (χ4n) is 3.70. The third-order valence-corrected chi connectivity index (χ3v) is 5.56. The van der Waals surface area contributed by atoms with Crippen molar-refractivity contribution in [2.24, 2.45) is 0 Å². The predicted octanol–water partition coefficient (Wildman–Crippen LogP) is 6.18. The number of aromatic amines is 1. The molecule has 6 heteroatoms. The van der Waals surface area contributed by atoms with E-state index < -0.39 is 5.56 Å².